The fourth-order valence-corrected chi connectivity index (χ4v) is 6.44. The molecule has 5 atom stereocenters. The lowest BCUT2D eigenvalue weighted by Crippen LogP contribution is -2.60. The fourth-order valence-electron chi connectivity index (χ4n) is 6.18. The van der Waals surface area contributed by atoms with Crippen LogP contribution in [0.2, 0.25) is 0 Å². The van der Waals surface area contributed by atoms with Crippen LogP contribution in [-0.2, 0) is 19.1 Å². The Hall–Kier alpha value is -2.19. The predicted molar refractivity (Wildman–Crippen MR) is 132 cm³/mol. The first-order chi connectivity index (χ1) is 16.1. The minimum Gasteiger partial charge on any atom is -0.359 e. The molecule has 2 bridgehead atoms. The summed E-state index contributed by atoms with van der Waals surface area (Å²) < 4.78 is 7.30. The fraction of sp³-hybridized carbons (Fsp3) is 0.577. The van der Waals surface area contributed by atoms with Crippen molar-refractivity contribution in [2.45, 2.75) is 82.2 Å². The van der Waals surface area contributed by atoms with E-state index in [0.717, 1.165) is 30.2 Å². The summed E-state index contributed by atoms with van der Waals surface area (Å²) in [7, 11) is 0. The molecule has 7 nitrogen and oxygen atoms in total. The van der Waals surface area contributed by atoms with Crippen LogP contribution in [0.25, 0.3) is 0 Å². The van der Waals surface area contributed by atoms with Gasteiger partial charge in [-0.1, -0.05) is 47.3 Å². The molecule has 4 aliphatic rings. The van der Waals surface area contributed by atoms with Crippen molar-refractivity contribution >= 4 is 39.3 Å². The molecule has 1 spiro atoms. The molecule has 3 amide bonds. The second kappa shape index (κ2) is 8.48. The second-order valence-corrected chi connectivity index (χ2v) is 11.8. The molecule has 34 heavy (non-hydrogen) atoms. The van der Waals surface area contributed by atoms with Crippen molar-refractivity contribution < 1.29 is 19.1 Å². The van der Waals surface area contributed by atoms with E-state index in [0.29, 0.717) is 5.69 Å². The van der Waals surface area contributed by atoms with Crippen LogP contribution in [0.3, 0.4) is 0 Å². The van der Waals surface area contributed by atoms with E-state index >= 15 is 0 Å². The number of amides is 3. The van der Waals surface area contributed by atoms with Crippen LogP contribution < -0.4 is 10.6 Å². The van der Waals surface area contributed by atoms with Crippen LogP contribution in [0, 0.1) is 11.8 Å². The van der Waals surface area contributed by atoms with E-state index in [1.54, 1.807) is 17.0 Å². The van der Waals surface area contributed by atoms with Crippen LogP contribution >= 0.6 is 15.9 Å². The largest absolute Gasteiger partial charge is 0.359 e. The zero-order valence-corrected chi connectivity index (χ0v) is 21.4. The van der Waals surface area contributed by atoms with Crippen LogP contribution in [0.4, 0.5) is 5.69 Å². The number of nitrogens with zero attached hydrogens (tertiary/aromatic N) is 1. The average molecular weight is 530 g/mol. The Morgan fingerprint density at radius 3 is 2.41 bits per heavy atom. The second-order valence-electron chi connectivity index (χ2n) is 10.9. The zero-order chi connectivity index (χ0) is 24.3. The Labute approximate surface area is 208 Å². The molecule has 2 N–H and O–H groups in total. The van der Waals surface area contributed by atoms with Crippen molar-refractivity contribution in [2.75, 3.05) is 5.32 Å². The smallest absolute Gasteiger partial charge is 0.246 e. The van der Waals surface area contributed by atoms with Crippen LogP contribution in [0.1, 0.15) is 52.9 Å². The summed E-state index contributed by atoms with van der Waals surface area (Å²) in [6.45, 7) is 5.78. The van der Waals surface area contributed by atoms with Gasteiger partial charge in [-0.15, -0.1) is 0 Å². The third kappa shape index (κ3) is 3.79. The van der Waals surface area contributed by atoms with Gasteiger partial charge in [0.1, 0.15) is 11.6 Å². The number of anilines is 1. The van der Waals surface area contributed by atoms with E-state index < -0.39 is 35.1 Å². The predicted octanol–water partition coefficient (Wildman–Crippen LogP) is 3.79. The lowest BCUT2D eigenvalue weighted by molar-refractivity contribution is -0.146. The first-order valence-electron chi connectivity index (χ1n) is 12.2. The Kier molecular flexibility index (Phi) is 5.88. The Bertz CT molecular complexity index is 1030. The number of hydrogen-bond acceptors (Lipinski definition) is 4. The van der Waals surface area contributed by atoms with Gasteiger partial charge in [-0.25, -0.2) is 0 Å². The molecule has 3 unspecified atom stereocenters. The highest BCUT2D eigenvalue weighted by molar-refractivity contribution is 9.10. The Balaban J connectivity index is 1.46. The van der Waals surface area contributed by atoms with Gasteiger partial charge < -0.3 is 20.3 Å². The average Bonchev–Trinajstić information content (AvgIpc) is 3.43. The number of rotatable bonds is 4. The number of halogens is 1. The lowest BCUT2D eigenvalue weighted by Gasteiger charge is -2.40. The molecule has 0 aromatic heterocycles. The zero-order valence-electron chi connectivity index (χ0n) is 19.8. The van der Waals surface area contributed by atoms with Crippen molar-refractivity contribution in [2.24, 2.45) is 11.8 Å². The van der Waals surface area contributed by atoms with Gasteiger partial charge in [0, 0.05) is 21.7 Å². The maximum atomic E-state index is 13.9. The van der Waals surface area contributed by atoms with Crippen molar-refractivity contribution in [3.05, 3.63) is 40.9 Å². The summed E-state index contributed by atoms with van der Waals surface area (Å²) in [4.78, 5) is 42.7. The van der Waals surface area contributed by atoms with E-state index in [2.05, 4.69) is 26.6 Å². The van der Waals surface area contributed by atoms with E-state index in [1.807, 2.05) is 45.1 Å². The van der Waals surface area contributed by atoms with Crippen molar-refractivity contribution in [3.8, 4) is 0 Å². The number of nitrogens with one attached hydrogen (secondary N) is 2. The highest BCUT2D eigenvalue weighted by atomic mass is 79.9. The maximum Gasteiger partial charge on any atom is 0.246 e. The lowest BCUT2D eigenvalue weighted by atomic mass is 9.74. The Morgan fingerprint density at radius 1 is 1.09 bits per heavy atom. The molecule has 1 aromatic carbocycles. The summed E-state index contributed by atoms with van der Waals surface area (Å²) in [5.41, 5.74) is -1.08. The quantitative estimate of drug-likeness (QED) is 0.581. The van der Waals surface area contributed by atoms with Crippen molar-refractivity contribution in [3.63, 3.8) is 0 Å². The monoisotopic (exact) mass is 529 g/mol. The number of fused-ring (bicyclic) bond motifs is 1. The number of ether oxygens (including phenoxy) is 1. The first-order valence-corrected chi connectivity index (χ1v) is 13.0. The van der Waals surface area contributed by atoms with Crippen molar-refractivity contribution in [1.82, 2.24) is 10.2 Å². The van der Waals surface area contributed by atoms with Crippen molar-refractivity contribution in [1.29, 1.82) is 0 Å². The van der Waals surface area contributed by atoms with Gasteiger partial charge in [0.2, 0.25) is 17.7 Å². The molecular formula is C26H32BrN3O4. The van der Waals surface area contributed by atoms with E-state index in [-0.39, 0.29) is 23.8 Å². The van der Waals surface area contributed by atoms with Crippen LogP contribution in [0.15, 0.2) is 40.9 Å². The molecule has 1 saturated carbocycles. The minimum atomic E-state index is -1.13. The SMILES string of the molecule is CC(C)(C)N1C(=O)[C@H]2C(C(=O)Nc3ccc(Br)cc3)[C@H]3C=CC2(O3)C1C(=O)NC1CCCCC1. The number of benzene rings is 1. The topological polar surface area (TPSA) is 87.7 Å². The minimum absolute atomic E-state index is 0.118. The number of likely N-dealkylation sites (tertiary alicyclic amines) is 1. The van der Waals surface area contributed by atoms with Crippen LogP contribution in [0.5, 0.6) is 0 Å². The molecule has 5 rings (SSSR count). The van der Waals surface area contributed by atoms with E-state index in [4.69, 9.17) is 4.74 Å². The molecule has 1 aliphatic carbocycles. The normalized spacial score (nSPS) is 32.7. The van der Waals surface area contributed by atoms with Gasteiger partial charge in [0.25, 0.3) is 0 Å². The summed E-state index contributed by atoms with van der Waals surface area (Å²) in [5, 5.41) is 6.16. The molecule has 3 aliphatic heterocycles. The van der Waals surface area contributed by atoms with Gasteiger partial charge in [-0.05, 0) is 57.9 Å². The van der Waals surface area contributed by atoms with Gasteiger partial charge in [-0.3, -0.25) is 14.4 Å². The standard InChI is InChI=1S/C26H32BrN3O4/c1-25(2,3)30-21(23(32)29-16-7-5-4-6-8-16)26-14-13-18(34-26)19(20(26)24(30)33)22(31)28-17-11-9-15(27)10-12-17/h9-14,16,18-21H,4-8H2,1-3H3,(H,28,31)(H,29,32)/t18-,19?,20-,21?,26?/m1/s1. The summed E-state index contributed by atoms with van der Waals surface area (Å²) >= 11 is 3.40. The molecule has 182 valence electrons. The summed E-state index contributed by atoms with van der Waals surface area (Å²) in [6.07, 6.45) is 8.48. The van der Waals surface area contributed by atoms with E-state index in [1.165, 1.54) is 6.42 Å². The van der Waals surface area contributed by atoms with E-state index in [9.17, 15) is 14.4 Å². The van der Waals surface area contributed by atoms with Crippen LogP contribution in [-0.4, -0.2) is 51.9 Å². The van der Waals surface area contributed by atoms with Gasteiger partial charge in [-0.2, -0.15) is 0 Å². The highest BCUT2D eigenvalue weighted by Crippen LogP contribution is 2.56. The first kappa shape index (κ1) is 23.5. The molecule has 1 aromatic rings. The number of hydrogen-bond donors (Lipinski definition) is 2. The van der Waals surface area contributed by atoms with Gasteiger partial charge >= 0.3 is 0 Å². The maximum absolute atomic E-state index is 13.9. The van der Waals surface area contributed by atoms with Gasteiger partial charge in [0.15, 0.2) is 0 Å². The molecular weight excluding hydrogens is 498 g/mol. The number of carbonyl (C=O) groups is 3. The molecule has 3 fully saturated rings. The molecule has 2 saturated heterocycles. The summed E-state index contributed by atoms with van der Waals surface area (Å²) in [5.74, 6) is -2.08. The third-order valence-corrected chi connectivity index (χ3v) is 8.14. The third-order valence-electron chi connectivity index (χ3n) is 7.61. The summed E-state index contributed by atoms with van der Waals surface area (Å²) in [6, 6.07) is 6.62. The molecule has 3 heterocycles. The highest BCUT2D eigenvalue weighted by Gasteiger charge is 2.73. The Morgan fingerprint density at radius 2 is 1.76 bits per heavy atom. The van der Waals surface area contributed by atoms with Gasteiger partial charge in [0.05, 0.1) is 17.9 Å². The number of carbonyl (C=O) groups excluding carboxylic acids is 3. The molecule has 8 heteroatoms. The molecule has 0 radical (unpaired) electrons.